The molecule has 0 saturated heterocycles. The molecule has 29 heavy (non-hydrogen) atoms. The van der Waals surface area contributed by atoms with Gasteiger partial charge in [-0.15, -0.1) is 0 Å². The number of aryl methyl sites for hydroxylation is 1. The number of hydrogen-bond acceptors (Lipinski definition) is 4. The maximum Gasteiger partial charge on any atom is 0.265 e. The average molecular weight is 558 g/mol. The molecule has 9 heteroatoms. The molecule has 1 aromatic carbocycles. The van der Waals surface area contributed by atoms with E-state index in [0.717, 1.165) is 30.2 Å². The van der Waals surface area contributed by atoms with E-state index in [1.165, 1.54) is 5.56 Å². The van der Waals surface area contributed by atoms with Crippen LogP contribution in [0.3, 0.4) is 0 Å². The Hall–Kier alpha value is -0.360. The lowest BCUT2D eigenvalue weighted by Crippen LogP contribution is -2.44. The molecule has 0 aliphatic rings. The predicted molar refractivity (Wildman–Crippen MR) is 130 cm³/mol. The van der Waals surface area contributed by atoms with Gasteiger partial charge in [-0.1, -0.05) is 52.9 Å². The Morgan fingerprint density at radius 2 is 1.83 bits per heavy atom. The van der Waals surface area contributed by atoms with Crippen LogP contribution in [0.4, 0.5) is 0 Å². The van der Waals surface area contributed by atoms with Gasteiger partial charge in [-0.05, 0) is 18.4 Å². The molecule has 0 saturated carbocycles. The molecule has 2 N–H and O–H groups in total. The zero-order chi connectivity index (χ0) is 21.9. The minimum atomic E-state index is -3.90. The number of thiol groups is 1. The SMILES string of the molecule is C[N+](C)(CCCNC(=O)C(CCc1ccccc1)C(S)CI)CCCS(=O)(=O)O. The average Bonchev–Trinajstić information content (AvgIpc) is 2.64. The number of carbonyl (C=O) groups excluding carboxylic acids is 1. The van der Waals surface area contributed by atoms with E-state index in [1.807, 2.05) is 32.3 Å². The van der Waals surface area contributed by atoms with Crippen molar-refractivity contribution in [1.82, 2.24) is 5.32 Å². The van der Waals surface area contributed by atoms with Crippen LogP contribution in [0.25, 0.3) is 0 Å². The molecule has 1 rings (SSSR count). The molecule has 0 bridgehead atoms. The normalized spacial score (nSPS) is 14.4. The van der Waals surface area contributed by atoms with Crippen molar-refractivity contribution in [1.29, 1.82) is 0 Å². The summed E-state index contributed by atoms with van der Waals surface area (Å²) in [7, 11) is 0.141. The Bertz CT molecular complexity index is 714. The molecule has 0 spiro atoms. The van der Waals surface area contributed by atoms with Crippen LogP contribution in [0.15, 0.2) is 30.3 Å². The van der Waals surface area contributed by atoms with Crippen LogP contribution in [-0.4, -0.2) is 72.5 Å². The maximum atomic E-state index is 12.7. The van der Waals surface area contributed by atoms with Gasteiger partial charge in [-0.2, -0.15) is 21.0 Å². The van der Waals surface area contributed by atoms with Crippen LogP contribution in [0.5, 0.6) is 0 Å². The van der Waals surface area contributed by atoms with Crippen molar-refractivity contribution in [3.63, 3.8) is 0 Å². The largest absolute Gasteiger partial charge is 0.356 e. The number of nitrogens with zero attached hydrogens (tertiary/aromatic N) is 1. The van der Waals surface area contributed by atoms with E-state index in [1.54, 1.807) is 0 Å². The molecule has 6 nitrogen and oxygen atoms in total. The van der Waals surface area contributed by atoms with E-state index >= 15 is 0 Å². The second kappa shape index (κ2) is 13.1. The highest BCUT2D eigenvalue weighted by molar-refractivity contribution is 14.1. The van der Waals surface area contributed by atoms with Gasteiger partial charge >= 0.3 is 0 Å². The number of quaternary nitrogens is 1. The fraction of sp³-hybridized carbons (Fsp3) is 0.650. The van der Waals surface area contributed by atoms with Crippen LogP contribution in [-0.2, 0) is 21.3 Å². The minimum Gasteiger partial charge on any atom is -0.356 e. The lowest BCUT2D eigenvalue weighted by molar-refractivity contribution is -0.890. The summed E-state index contributed by atoms with van der Waals surface area (Å²) >= 11 is 6.89. The zero-order valence-electron chi connectivity index (χ0n) is 17.3. The number of carbonyl (C=O) groups is 1. The molecule has 2 unspecified atom stereocenters. The molecule has 0 heterocycles. The number of hydrogen-bond donors (Lipinski definition) is 3. The summed E-state index contributed by atoms with van der Waals surface area (Å²) in [6.07, 6.45) is 2.84. The Morgan fingerprint density at radius 1 is 1.21 bits per heavy atom. The van der Waals surface area contributed by atoms with Crippen molar-refractivity contribution >= 4 is 51.2 Å². The van der Waals surface area contributed by atoms with E-state index in [4.69, 9.17) is 4.55 Å². The van der Waals surface area contributed by atoms with Crippen molar-refractivity contribution in [2.45, 2.75) is 30.9 Å². The van der Waals surface area contributed by atoms with Crippen molar-refractivity contribution in [3.05, 3.63) is 35.9 Å². The summed E-state index contributed by atoms with van der Waals surface area (Å²) < 4.78 is 32.0. The van der Waals surface area contributed by atoms with Gasteiger partial charge in [0, 0.05) is 29.1 Å². The lowest BCUT2D eigenvalue weighted by atomic mass is 9.96. The lowest BCUT2D eigenvalue weighted by Gasteiger charge is -2.30. The van der Waals surface area contributed by atoms with Crippen molar-refractivity contribution < 1.29 is 22.2 Å². The third-order valence-electron chi connectivity index (χ3n) is 4.95. The molecule has 0 radical (unpaired) electrons. The molecule has 166 valence electrons. The maximum absolute atomic E-state index is 12.7. The highest BCUT2D eigenvalue weighted by Gasteiger charge is 2.25. The van der Waals surface area contributed by atoms with Gasteiger partial charge in [0.1, 0.15) is 0 Å². The number of benzene rings is 1. The number of alkyl halides is 1. The first-order chi connectivity index (χ1) is 13.5. The van der Waals surface area contributed by atoms with Gasteiger partial charge in [0.25, 0.3) is 10.1 Å². The van der Waals surface area contributed by atoms with Crippen molar-refractivity contribution in [2.24, 2.45) is 5.92 Å². The molecule has 2 atom stereocenters. The molecule has 0 fully saturated rings. The highest BCUT2D eigenvalue weighted by atomic mass is 127. The van der Waals surface area contributed by atoms with E-state index in [0.29, 0.717) is 24.0 Å². The van der Waals surface area contributed by atoms with Gasteiger partial charge < -0.3 is 9.80 Å². The van der Waals surface area contributed by atoms with Crippen LogP contribution >= 0.6 is 35.2 Å². The van der Waals surface area contributed by atoms with Gasteiger partial charge in [0.2, 0.25) is 5.91 Å². The molecule has 0 aromatic heterocycles. The van der Waals surface area contributed by atoms with Crippen molar-refractivity contribution in [2.75, 3.05) is 43.9 Å². The number of rotatable bonds is 14. The Labute approximate surface area is 194 Å². The third kappa shape index (κ3) is 12.2. The Morgan fingerprint density at radius 3 is 2.41 bits per heavy atom. The van der Waals surface area contributed by atoms with Crippen LogP contribution in [0, 0.1) is 5.92 Å². The molecular weight excluding hydrogens is 523 g/mol. The first-order valence-electron chi connectivity index (χ1n) is 9.87. The first-order valence-corrected chi connectivity index (χ1v) is 13.5. The standard InChI is InChI=1S/C20H33IN2O4S2/c1-23(2,14-7-15-29(25,26)27)13-6-12-22-20(24)18(19(28)16-21)11-10-17-8-4-3-5-9-17/h3-5,8-9,18-19H,6-7,10-16H2,1-2H3,(H2-,22,24,25,26,27,28)/p+1. The van der Waals surface area contributed by atoms with E-state index in [2.05, 4.69) is 52.7 Å². The summed E-state index contributed by atoms with van der Waals surface area (Å²) in [4.78, 5) is 12.7. The number of nitrogens with one attached hydrogen (secondary N) is 1. The van der Waals surface area contributed by atoms with Crippen molar-refractivity contribution in [3.8, 4) is 0 Å². The summed E-state index contributed by atoms with van der Waals surface area (Å²) in [5, 5.41) is 3.07. The van der Waals surface area contributed by atoms with E-state index < -0.39 is 10.1 Å². The second-order valence-electron chi connectivity index (χ2n) is 8.02. The van der Waals surface area contributed by atoms with Gasteiger partial charge in [0.05, 0.1) is 38.9 Å². The smallest absolute Gasteiger partial charge is 0.265 e. The predicted octanol–water partition coefficient (Wildman–Crippen LogP) is 2.83. The highest BCUT2D eigenvalue weighted by Crippen LogP contribution is 2.20. The molecule has 0 aliphatic heterocycles. The minimum absolute atomic E-state index is 0.0203. The topological polar surface area (TPSA) is 83.5 Å². The van der Waals surface area contributed by atoms with Crippen LogP contribution in [0.2, 0.25) is 0 Å². The van der Waals surface area contributed by atoms with Crippen LogP contribution < -0.4 is 5.32 Å². The zero-order valence-corrected chi connectivity index (χ0v) is 21.1. The molecular formula is C20H34IN2O4S2+. The molecule has 0 aliphatic carbocycles. The number of halogens is 1. The Kier molecular flexibility index (Phi) is 12.1. The summed E-state index contributed by atoms with van der Waals surface area (Å²) in [5.74, 6) is -0.296. The monoisotopic (exact) mass is 557 g/mol. The van der Waals surface area contributed by atoms with E-state index in [-0.39, 0.29) is 22.8 Å². The summed E-state index contributed by atoms with van der Waals surface area (Å²) in [5.41, 5.74) is 1.23. The Balaban J connectivity index is 2.41. The molecule has 1 amide bonds. The van der Waals surface area contributed by atoms with E-state index in [9.17, 15) is 13.2 Å². The third-order valence-corrected chi connectivity index (χ3v) is 7.94. The quantitative estimate of drug-likeness (QED) is 0.0821. The molecule has 1 aromatic rings. The fourth-order valence-corrected chi connectivity index (χ4v) is 4.60. The summed E-state index contributed by atoms with van der Waals surface area (Å²) in [6.45, 7) is 2.06. The van der Waals surface area contributed by atoms with Gasteiger partial charge in [0.15, 0.2) is 0 Å². The summed E-state index contributed by atoms with van der Waals surface area (Å²) in [6, 6.07) is 10.2. The number of amides is 1. The first kappa shape index (κ1) is 26.7. The van der Waals surface area contributed by atoms with Crippen LogP contribution in [0.1, 0.15) is 24.8 Å². The van der Waals surface area contributed by atoms with Gasteiger partial charge in [-0.25, -0.2) is 0 Å². The van der Waals surface area contributed by atoms with Gasteiger partial charge in [-0.3, -0.25) is 9.35 Å². The fourth-order valence-electron chi connectivity index (χ4n) is 3.21. The second-order valence-corrected chi connectivity index (χ2v) is 11.1.